The monoisotopic (exact) mass is 418 g/mol. The molecular formula is C21H23BrO4. The summed E-state index contributed by atoms with van der Waals surface area (Å²) in [5, 5.41) is 0. The minimum absolute atomic E-state index is 0.336. The quantitative estimate of drug-likeness (QED) is 0.431. The lowest BCUT2D eigenvalue weighted by molar-refractivity contribution is 0.120. The Morgan fingerprint density at radius 3 is 2.65 bits per heavy atom. The zero-order chi connectivity index (χ0) is 18.7. The lowest BCUT2D eigenvalue weighted by Gasteiger charge is -2.16. The molecule has 1 fully saturated rings. The molecule has 5 heteroatoms. The number of carbonyl (C=O) groups excluding carboxylic acids is 1. The van der Waals surface area contributed by atoms with Gasteiger partial charge in [0.1, 0.15) is 18.1 Å². The fourth-order valence-electron chi connectivity index (χ4n) is 3.08. The molecule has 0 aliphatic heterocycles. The summed E-state index contributed by atoms with van der Waals surface area (Å²) in [6.45, 7) is 4.56. The minimum Gasteiger partial charge on any atom is -0.488 e. The van der Waals surface area contributed by atoms with Crippen LogP contribution in [0.25, 0.3) is 0 Å². The molecule has 0 heterocycles. The molecular weight excluding hydrogens is 396 g/mol. The van der Waals surface area contributed by atoms with Gasteiger partial charge >= 0.3 is 6.16 Å². The number of hydrogen-bond acceptors (Lipinski definition) is 4. The highest BCUT2D eigenvalue weighted by Gasteiger charge is 2.28. The van der Waals surface area contributed by atoms with E-state index in [1.165, 1.54) is 23.8 Å². The van der Waals surface area contributed by atoms with Crippen LogP contribution in [0.5, 0.6) is 11.5 Å². The summed E-state index contributed by atoms with van der Waals surface area (Å²) >= 11 is 3.60. The maximum Gasteiger partial charge on any atom is 0.513 e. The molecule has 1 aliphatic carbocycles. The number of aryl methyl sites for hydroxylation is 2. The van der Waals surface area contributed by atoms with Gasteiger partial charge in [0.25, 0.3) is 0 Å². The zero-order valence-corrected chi connectivity index (χ0v) is 16.9. The summed E-state index contributed by atoms with van der Waals surface area (Å²) in [7, 11) is 1.30. The third kappa shape index (κ3) is 4.21. The Morgan fingerprint density at radius 2 is 2.00 bits per heavy atom. The fourth-order valence-corrected chi connectivity index (χ4v) is 3.58. The maximum atomic E-state index is 11.6. The summed E-state index contributed by atoms with van der Waals surface area (Å²) in [5.74, 6) is 1.80. The van der Waals surface area contributed by atoms with Gasteiger partial charge in [-0.1, -0.05) is 19.1 Å². The van der Waals surface area contributed by atoms with Crippen LogP contribution in [0.4, 0.5) is 4.79 Å². The van der Waals surface area contributed by atoms with Gasteiger partial charge in [-0.2, -0.15) is 0 Å². The van der Waals surface area contributed by atoms with E-state index in [0.29, 0.717) is 18.3 Å². The second kappa shape index (κ2) is 8.12. The number of benzene rings is 2. The first kappa shape index (κ1) is 18.8. The molecule has 0 amide bonds. The van der Waals surface area contributed by atoms with Crippen molar-refractivity contribution in [2.75, 3.05) is 7.11 Å². The standard InChI is InChI=1S/C21H23BrO4/c1-4-14-11-18(22)20(10-13(14)2)25-12-17-16(15-8-9-15)6-5-7-19(17)26-21(23)24-3/h5-7,10-11,15H,4,8-9,12H2,1-3H3. The van der Waals surface area contributed by atoms with E-state index in [1.54, 1.807) is 6.07 Å². The number of rotatable bonds is 6. The van der Waals surface area contributed by atoms with Crippen molar-refractivity contribution in [2.45, 2.75) is 45.6 Å². The Morgan fingerprint density at radius 1 is 1.23 bits per heavy atom. The average Bonchev–Trinajstić information content (AvgIpc) is 3.47. The Bertz CT molecular complexity index is 812. The van der Waals surface area contributed by atoms with E-state index < -0.39 is 6.16 Å². The summed E-state index contributed by atoms with van der Waals surface area (Å²) < 4.78 is 17.0. The smallest absolute Gasteiger partial charge is 0.488 e. The predicted octanol–water partition coefficient (Wildman–Crippen LogP) is 5.92. The molecule has 138 valence electrons. The van der Waals surface area contributed by atoms with E-state index in [0.717, 1.165) is 35.0 Å². The van der Waals surface area contributed by atoms with E-state index in [4.69, 9.17) is 9.47 Å². The topological polar surface area (TPSA) is 44.8 Å². The molecule has 0 unspecified atom stereocenters. The molecule has 1 aliphatic rings. The summed E-state index contributed by atoms with van der Waals surface area (Å²) in [6, 6.07) is 9.92. The van der Waals surface area contributed by atoms with Crippen molar-refractivity contribution < 1.29 is 19.0 Å². The SMILES string of the molecule is CCc1cc(Br)c(OCc2c(OC(=O)OC)cccc2C2CC2)cc1C. The van der Waals surface area contributed by atoms with Crippen LogP contribution < -0.4 is 9.47 Å². The van der Waals surface area contributed by atoms with E-state index >= 15 is 0 Å². The van der Waals surface area contributed by atoms with Gasteiger partial charge in [0.05, 0.1) is 11.6 Å². The van der Waals surface area contributed by atoms with Crippen LogP contribution in [-0.4, -0.2) is 13.3 Å². The molecule has 0 radical (unpaired) electrons. The third-order valence-electron chi connectivity index (χ3n) is 4.69. The summed E-state index contributed by atoms with van der Waals surface area (Å²) in [4.78, 5) is 11.6. The van der Waals surface area contributed by atoms with Gasteiger partial charge in [-0.25, -0.2) is 4.79 Å². The number of hydrogen-bond donors (Lipinski definition) is 0. The Labute approximate surface area is 162 Å². The Balaban J connectivity index is 1.87. The number of carbonyl (C=O) groups is 1. The molecule has 0 bridgehead atoms. The number of methoxy groups -OCH3 is 1. The van der Waals surface area contributed by atoms with Crippen molar-refractivity contribution in [1.82, 2.24) is 0 Å². The molecule has 0 aromatic heterocycles. The molecule has 0 atom stereocenters. The van der Waals surface area contributed by atoms with Crippen molar-refractivity contribution in [1.29, 1.82) is 0 Å². The van der Waals surface area contributed by atoms with Gasteiger partial charge in [0.2, 0.25) is 0 Å². The molecule has 0 spiro atoms. The molecule has 0 saturated heterocycles. The largest absolute Gasteiger partial charge is 0.513 e. The molecule has 26 heavy (non-hydrogen) atoms. The van der Waals surface area contributed by atoms with Gasteiger partial charge < -0.3 is 14.2 Å². The zero-order valence-electron chi connectivity index (χ0n) is 15.3. The van der Waals surface area contributed by atoms with Crippen LogP contribution in [0, 0.1) is 6.92 Å². The van der Waals surface area contributed by atoms with E-state index in [9.17, 15) is 4.79 Å². The molecule has 2 aromatic carbocycles. The first-order valence-corrected chi connectivity index (χ1v) is 9.62. The second-order valence-electron chi connectivity index (χ2n) is 6.51. The van der Waals surface area contributed by atoms with Gasteiger partial charge in [-0.3, -0.25) is 0 Å². The molecule has 3 rings (SSSR count). The van der Waals surface area contributed by atoms with Crippen molar-refractivity contribution >= 4 is 22.1 Å². The molecule has 4 nitrogen and oxygen atoms in total. The lowest BCUT2D eigenvalue weighted by atomic mass is 10.0. The van der Waals surface area contributed by atoms with Crippen molar-refractivity contribution in [3.05, 3.63) is 57.1 Å². The van der Waals surface area contributed by atoms with Gasteiger partial charge in [0, 0.05) is 5.56 Å². The Hall–Kier alpha value is -2.01. The van der Waals surface area contributed by atoms with Crippen LogP contribution >= 0.6 is 15.9 Å². The first-order valence-electron chi connectivity index (χ1n) is 8.82. The van der Waals surface area contributed by atoms with Crippen molar-refractivity contribution in [3.63, 3.8) is 0 Å². The van der Waals surface area contributed by atoms with Crippen LogP contribution in [0.15, 0.2) is 34.8 Å². The van der Waals surface area contributed by atoms with Gasteiger partial charge in [-0.05, 0) is 82.9 Å². The van der Waals surface area contributed by atoms with Crippen LogP contribution in [0.2, 0.25) is 0 Å². The normalized spacial score (nSPS) is 13.4. The Kier molecular flexibility index (Phi) is 5.87. The maximum absolute atomic E-state index is 11.6. The average molecular weight is 419 g/mol. The van der Waals surface area contributed by atoms with E-state index in [-0.39, 0.29) is 0 Å². The third-order valence-corrected chi connectivity index (χ3v) is 5.31. The van der Waals surface area contributed by atoms with Gasteiger partial charge in [-0.15, -0.1) is 0 Å². The molecule has 0 N–H and O–H groups in total. The van der Waals surface area contributed by atoms with Crippen LogP contribution in [-0.2, 0) is 17.8 Å². The van der Waals surface area contributed by atoms with E-state index in [1.807, 2.05) is 12.1 Å². The highest BCUT2D eigenvalue weighted by atomic mass is 79.9. The predicted molar refractivity (Wildman–Crippen MR) is 104 cm³/mol. The molecule has 1 saturated carbocycles. The fraction of sp³-hybridized carbons (Fsp3) is 0.381. The summed E-state index contributed by atoms with van der Waals surface area (Å²) in [6.07, 6.45) is 2.57. The first-order chi connectivity index (χ1) is 12.5. The van der Waals surface area contributed by atoms with Crippen LogP contribution in [0.1, 0.15) is 47.9 Å². The highest BCUT2D eigenvalue weighted by molar-refractivity contribution is 9.10. The van der Waals surface area contributed by atoms with Crippen LogP contribution in [0.3, 0.4) is 0 Å². The lowest BCUT2D eigenvalue weighted by Crippen LogP contribution is -2.11. The van der Waals surface area contributed by atoms with E-state index in [2.05, 4.69) is 46.6 Å². The molecule has 2 aromatic rings. The number of ether oxygens (including phenoxy) is 3. The van der Waals surface area contributed by atoms with Crippen molar-refractivity contribution in [2.24, 2.45) is 0 Å². The number of halogens is 1. The van der Waals surface area contributed by atoms with Crippen molar-refractivity contribution in [3.8, 4) is 11.5 Å². The summed E-state index contributed by atoms with van der Waals surface area (Å²) in [5.41, 5.74) is 4.58. The highest BCUT2D eigenvalue weighted by Crippen LogP contribution is 2.44. The second-order valence-corrected chi connectivity index (χ2v) is 7.36. The van der Waals surface area contributed by atoms with Gasteiger partial charge in [0.15, 0.2) is 0 Å². The minimum atomic E-state index is -0.719.